The first-order valence-corrected chi connectivity index (χ1v) is 4.50. The minimum atomic E-state index is -1.47. The smallest absolute Gasteiger partial charge is 0.342 e. The molecule has 0 spiro atoms. The zero-order valence-corrected chi connectivity index (χ0v) is 8.26. The summed E-state index contributed by atoms with van der Waals surface area (Å²) in [6, 6.07) is 3.52. The zero-order valence-electron chi connectivity index (χ0n) is 8.26. The van der Waals surface area contributed by atoms with Crippen molar-refractivity contribution >= 4 is 5.97 Å². The summed E-state index contributed by atoms with van der Waals surface area (Å²) in [6.45, 7) is -0.988. The summed E-state index contributed by atoms with van der Waals surface area (Å²) in [5.74, 6) is -2.62. The van der Waals surface area contributed by atoms with Gasteiger partial charge in [0.1, 0.15) is 23.2 Å². The van der Waals surface area contributed by atoms with Gasteiger partial charge < -0.3 is 20.1 Å². The molecule has 1 rings (SSSR count). The van der Waals surface area contributed by atoms with Gasteiger partial charge in [-0.3, -0.25) is 0 Å². The Morgan fingerprint density at radius 3 is 2.50 bits per heavy atom. The molecule has 1 aromatic rings. The highest BCUT2D eigenvalue weighted by Crippen LogP contribution is 2.22. The van der Waals surface area contributed by atoms with Gasteiger partial charge in [0.05, 0.1) is 13.2 Å². The van der Waals surface area contributed by atoms with Gasteiger partial charge in [-0.1, -0.05) is 6.07 Å². The summed E-state index contributed by atoms with van der Waals surface area (Å²) in [6.07, 6.45) is -0.972. The summed E-state index contributed by atoms with van der Waals surface area (Å²) >= 11 is 0. The molecule has 0 bridgehead atoms. The van der Waals surface area contributed by atoms with Crippen molar-refractivity contribution in [2.75, 3.05) is 13.2 Å². The molecule has 0 amide bonds. The fourth-order valence-electron chi connectivity index (χ4n) is 1.12. The van der Waals surface area contributed by atoms with Crippen LogP contribution in [0.25, 0.3) is 0 Å². The fourth-order valence-corrected chi connectivity index (χ4v) is 1.12. The molecule has 5 nitrogen and oxygen atoms in total. The number of halogens is 1. The number of aliphatic hydroxyl groups is 2. The molecular formula is C10H11FO5. The highest BCUT2D eigenvalue weighted by Gasteiger charge is 2.19. The monoisotopic (exact) mass is 230 g/mol. The number of aliphatic hydroxyl groups excluding tert-OH is 2. The van der Waals surface area contributed by atoms with Gasteiger partial charge >= 0.3 is 5.97 Å². The third-order valence-corrected chi connectivity index (χ3v) is 1.89. The number of benzene rings is 1. The van der Waals surface area contributed by atoms with Crippen LogP contribution >= 0.6 is 0 Å². The fraction of sp³-hybridized carbons (Fsp3) is 0.300. The number of carboxylic acids is 1. The van der Waals surface area contributed by atoms with E-state index < -0.39 is 36.7 Å². The van der Waals surface area contributed by atoms with Gasteiger partial charge in [0, 0.05) is 0 Å². The highest BCUT2D eigenvalue weighted by molar-refractivity contribution is 5.91. The predicted molar refractivity (Wildman–Crippen MR) is 51.9 cm³/mol. The van der Waals surface area contributed by atoms with Crippen LogP contribution in [0.5, 0.6) is 5.75 Å². The van der Waals surface area contributed by atoms with Crippen molar-refractivity contribution < 1.29 is 29.2 Å². The van der Waals surface area contributed by atoms with Crippen LogP contribution in [0.3, 0.4) is 0 Å². The Morgan fingerprint density at radius 1 is 1.38 bits per heavy atom. The third kappa shape index (κ3) is 2.68. The Bertz CT molecular complexity index is 375. The van der Waals surface area contributed by atoms with Gasteiger partial charge in [-0.15, -0.1) is 0 Å². The van der Waals surface area contributed by atoms with Gasteiger partial charge in [-0.05, 0) is 12.1 Å². The van der Waals surface area contributed by atoms with Crippen LogP contribution in [-0.4, -0.2) is 40.6 Å². The van der Waals surface area contributed by atoms with E-state index in [2.05, 4.69) is 0 Å². The van der Waals surface area contributed by atoms with E-state index >= 15 is 0 Å². The number of carboxylic acid groups (broad SMARTS) is 1. The summed E-state index contributed by atoms with van der Waals surface area (Å²) in [4.78, 5) is 10.8. The lowest BCUT2D eigenvalue weighted by atomic mass is 10.2. The Kier molecular flexibility index (Phi) is 4.21. The number of hydrogen-bond acceptors (Lipinski definition) is 4. The molecule has 0 heterocycles. The Morgan fingerprint density at radius 2 is 2.00 bits per heavy atom. The van der Waals surface area contributed by atoms with Crippen molar-refractivity contribution in [2.24, 2.45) is 0 Å². The van der Waals surface area contributed by atoms with Crippen molar-refractivity contribution in [3.05, 3.63) is 29.6 Å². The summed E-state index contributed by atoms with van der Waals surface area (Å²) in [5, 5.41) is 26.3. The van der Waals surface area contributed by atoms with Crippen molar-refractivity contribution in [3.63, 3.8) is 0 Å². The number of hydrogen-bond donors (Lipinski definition) is 3. The molecule has 0 aliphatic rings. The second kappa shape index (κ2) is 5.43. The number of rotatable bonds is 5. The largest absolute Gasteiger partial charge is 0.485 e. The molecule has 3 N–H and O–H groups in total. The van der Waals surface area contributed by atoms with Gasteiger partial charge in [0.25, 0.3) is 0 Å². The maximum Gasteiger partial charge on any atom is 0.342 e. The topological polar surface area (TPSA) is 87.0 Å². The molecule has 1 aromatic carbocycles. The molecule has 0 unspecified atom stereocenters. The maximum atomic E-state index is 13.2. The van der Waals surface area contributed by atoms with E-state index in [1.54, 1.807) is 0 Å². The van der Waals surface area contributed by atoms with E-state index in [9.17, 15) is 9.18 Å². The number of aromatic carboxylic acids is 1. The van der Waals surface area contributed by atoms with Crippen LogP contribution in [0.2, 0.25) is 0 Å². The zero-order chi connectivity index (χ0) is 12.1. The molecule has 0 saturated carbocycles. The van der Waals surface area contributed by atoms with E-state index in [0.717, 1.165) is 6.07 Å². The molecular weight excluding hydrogens is 219 g/mol. The molecule has 0 aliphatic heterocycles. The standard InChI is InChI=1S/C10H11FO5/c11-7-2-1-3-8(9(7)10(14)15)16-6(4-12)5-13/h1-3,6,12-13H,4-5H2,(H,14,15). The minimum absolute atomic E-state index is 0.222. The summed E-state index contributed by atoms with van der Waals surface area (Å²) < 4.78 is 18.1. The molecule has 16 heavy (non-hydrogen) atoms. The first kappa shape index (κ1) is 12.4. The Balaban J connectivity index is 3.03. The van der Waals surface area contributed by atoms with Crippen molar-refractivity contribution in [1.82, 2.24) is 0 Å². The predicted octanol–water partition coefficient (Wildman–Crippen LogP) is 0.256. The van der Waals surface area contributed by atoms with E-state index in [0.29, 0.717) is 0 Å². The third-order valence-electron chi connectivity index (χ3n) is 1.89. The van der Waals surface area contributed by atoms with Crippen molar-refractivity contribution in [3.8, 4) is 5.75 Å². The van der Waals surface area contributed by atoms with Crippen molar-refractivity contribution in [2.45, 2.75) is 6.10 Å². The van der Waals surface area contributed by atoms with E-state index in [-0.39, 0.29) is 5.75 Å². The first-order valence-electron chi connectivity index (χ1n) is 4.50. The number of carbonyl (C=O) groups is 1. The molecule has 88 valence electrons. The lowest BCUT2D eigenvalue weighted by Crippen LogP contribution is -2.26. The van der Waals surface area contributed by atoms with E-state index in [1.165, 1.54) is 12.1 Å². The van der Waals surface area contributed by atoms with E-state index in [1.807, 2.05) is 0 Å². The second-order valence-corrected chi connectivity index (χ2v) is 3.02. The summed E-state index contributed by atoms with van der Waals surface area (Å²) in [5.41, 5.74) is -0.616. The molecule has 0 radical (unpaired) electrons. The van der Waals surface area contributed by atoms with Crippen LogP contribution in [0.4, 0.5) is 4.39 Å². The highest BCUT2D eigenvalue weighted by atomic mass is 19.1. The van der Waals surface area contributed by atoms with Gasteiger partial charge in [0.15, 0.2) is 0 Å². The minimum Gasteiger partial charge on any atom is -0.485 e. The molecule has 0 aromatic heterocycles. The van der Waals surface area contributed by atoms with Gasteiger partial charge in [-0.2, -0.15) is 0 Å². The maximum absolute atomic E-state index is 13.2. The Hall–Kier alpha value is -1.66. The van der Waals surface area contributed by atoms with Crippen LogP contribution in [0.15, 0.2) is 18.2 Å². The first-order chi connectivity index (χ1) is 7.60. The van der Waals surface area contributed by atoms with Gasteiger partial charge in [0.2, 0.25) is 0 Å². The Labute approximate surface area is 90.7 Å². The second-order valence-electron chi connectivity index (χ2n) is 3.02. The normalized spacial score (nSPS) is 10.5. The quantitative estimate of drug-likeness (QED) is 0.675. The van der Waals surface area contributed by atoms with E-state index in [4.69, 9.17) is 20.1 Å². The lowest BCUT2D eigenvalue weighted by Gasteiger charge is -2.15. The number of ether oxygens (including phenoxy) is 1. The van der Waals surface area contributed by atoms with Crippen LogP contribution in [0.1, 0.15) is 10.4 Å². The molecule has 0 fully saturated rings. The summed E-state index contributed by atoms with van der Waals surface area (Å²) in [7, 11) is 0. The lowest BCUT2D eigenvalue weighted by molar-refractivity contribution is 0.0568. The molecule has 6 heteroatoms. The average Bonchev–Trinajstić information content (AvgIpc) is 2.25. The van der Waals surface area contributed by atoms with Crippen LogP contribution in [0, 0.1) is 5.82 Å². The van der Waals surface area contributed by atoms with Crippen molar-refractivity contribution in [1.29, 1.82) is 0 Å². The van der Waals surface area contributed by atoms with Crippen LogP contribution in [-0.2, 0) is 0 Å². The molecule has 0 aliphatic carbocycles. The molecule has 0 saturated heterocycles. The SMILES string of the molecule is O=C(O)c1c(F)cccc1OC(CO)CO. The average molecular weight is 230 g/mol. The van der Waals surface area contributed by atoms with Crippen LogP contribution < -0.4 is 4.74 Å². The molecule has 0 atom stereocenters. The van der Waals surface area contributed by atoms with Gasteiger partial charge in [-0.25, -0.2) is 9.18 Å².